The molecule has 3 fully saturated rings. The standard InChI is InChI=1S/C19H27NO2/c1-18-8-6-13(21)10-12(18)2-3-14-15(18)7-9-19(11-20)16(14)4-5-17(19)22/h10,14-16H,2-9,11,20H2,1H3/t14-,15+,16+,18+,19-/m1/s1. The molecule has 0 spiro atoms. The number of carbonyl (C=O) groups excluding carboxylic acids is 2. The fourth-order valence-corrected chi connectivity index (χ4v) is 6.51. The highest BCUT2D eigenvalue weighted by Crippen LogP contribution is 2.64. The number of hydrogen-bond donors (Lipinski definition) is 1. The predicted molar refractivity (Wildman–Crippen MR) is 85.1 cm³/mol. The van der Waals surface area contributed by atoms with Crippen molar-refractivity contribution in [2.24, 2.45) is 34.3 Å². The van der Waals surface area contributed by atoms with Gasteiger partial charge in [-0.05, 0) is 67.8 Å². The molecule has 4 aliphatic carbocycles. The molecule has 120 valence electrons. The molecule has 3 heteroatoms. The van der Waals surface area contributed by atoms with E-state index >= 15 is 0 Å². The molecule has 2 N–H and O–H groups in total. The summed E-state index contributed by atoms with van der Waals surface area (Å²) < 4.78 is 0. The number of carbonyl (C=O) groups is 2. The van der Waals surface area contributed by atoms with Crippen LogP contribution < -0.4 is 5.73 Å². The monoisotopic (exact) mass is 301 g/mol. The van der Waals surface area contributed by atoms with E-state index in [4.69, 9.17) is 5.73 Å². The van der Waals surface area contributed by atoms with Crippen molar-refractivity contribution in [2.75, 3.05) is 6.54 Å². The second-order valence-corrected chi connectivity index (χ2v) is 8.33. The predicted octanol–water partition coefficient (Wildman–Crippen LogP) is 3.03. The average Bonchev–Trinajstić information content (AvgIpc) is 2.86. The van der Waals surface area contributed by atoms with Crippen LogP contribution in [0, 0.1) is 28.6 Å². The van der Waals surface area contributed by atoms with Gasteiger partial charge in [0.25, 0.3) is 0 Å². The fourth-order valence-electron chi connectivity index (χ4n) is 6.51. The Morgan fingerprint density at radius 1 is 1.09 bits per heavy atom. The summed E-state index contributed by atoms with van der Waals surface area (Å²) in [6.45, 7) is 2.92. The van der Waals surface area contributed by atoms with Crippen LogP contribution in [0.5, 0.6) is 0 Å². The summed E-state index contributed by atoms with van der Waals surface area (Å²) in [5.41, 5.74) is 7.49. The maximum atomic E-state index is 12.5. The summed E-state index contributed by atoms with van der Waals surface area (Å²) in [7, 11) is 0. The zero-order valence-corrected chi connectivity index (χ0v) is 13.6. The molecule has 4 rings (SSSR count). The van der Waals surface area contributed by atoms with E-state index in [1.807, 2.05) is 6.08 Å². The molecule has 0 aromatic heterocycles. The lowest BCUT2D eigenvalue weighted by molar-refractivity contribution is -0.133. The van der Waals surface area contributed by atoms with Gasteiger partial charge >= 0.3 is 0 Å². The summed E-state index contributed by atoms with van der Waals surface area (Å²) in [5.74, 6) is 2.54. The Kier molecular flexibility index (Phi) is 3.17. The van der Waals surface area contributed by atoms with E-state index in [-0.39, 0.29) is 10.8 Å². The molecule has 0 aromatic rings. The van der Waals surface area contributed by atoms with Crippen LogP contribution in [0.2, 0.25) is 0 Å². The minimum Gasteiger partial charge on any atom is -0.329 e. The minimum atomic E-state index is -0.205. The number of rotatable bonds is 1. The lowest BCUT2D eigenvalue weighted by Gasteiger charge is -2.57. The van der Waals surface area contributed by atoms with Gasteiger partial charge in [-0.25, -0.2) is 0 Å². The molecule has 22 heavy (non-hydrogen) atoms. The minimum absolute atomic E-state index is 0.198. The summed E-state index contributed by atoms with van der Waals surface area (Å²) >= 11 is 0. The van der Waals surface area contributed by atoms with E-state index in [9.17, 15) is 9.59 Å². The Morgan fingerprint density at radius 3 is 2.68 bits per heavy atom. The summed E-state index contributed by atoms with van der Waals surface area (Å²) in [5, 5.41) is 0. The van der Waals surface area contributed by atoms with Gasteiger partial charge in [0.05, 0.1) is 0 Å². The van der Waals surface area contributed by atoms with Crippen LogP contribution in [-0.2, 0) is 9.59 Å². The largest absolute Gasteiger partial charge is 0.329 e. The van der Waals surface area contributed by atoms with Gasteiger partial charge < -0.3 is 5.73 Å². The topological polar surface area (TPSA) is 60.2 Å². The van der Waals surface area contributed by atoms with E-state index in [0.29, 0.717) is 42.3 Å². The zero-order valence-electron chi connectivity index (χ0n) is 13.6. The molecule has 0 saturated heterocycles. The van der Waals surface area contributed by atoms with Gasteiger partial charge in [0, 0.05) is 24.8 Å². The summed E-state index contributed by atoms with van der Waals surface area (Å²) in [4.78, 5) is 24.3. The van der Waals surface area contributed by atoms with Crippen molar-refractivity contribution in [1.29, 1.82) is 0 Å². The fraction of sp³-hybridized carbons (Fsp3) is 0.789. The molecule has 3 nitrogen and oxygen atoms in total. The van der Waals surface area contributed by atoms with Crippen molar-refractivity contribution in [1.82, 2.24) is 0 Å². The molecule has 3 saturated carbocycles. The van der Waals surface area contributed by atoms with E-state index in [1.165, 1.54) is 5.57 Å². The number of nitrogens with two attached hydrogens (primary N) is 1. The third-order valence-corrected chi connectivity index (χ3v) is 7.77. The van der Waals surface area contributed by atoms with Gasteiger partial charge in [0.15, 0.2) is 5.78 Å². The van der Waals surface area contributed by atoms with Crippen molar-refractivity contribution in [3.05, 3.63) is 11.6 Å². The molecular formula is C19H27NO2. The Hall–Kier alpha value is -0.960. The summed E-state index contributed by atoms with van der Waals surface area (Å²) in [6, 6.07) is 0. The number of Topliss-reactive ketones (excluding diaryl/α,β-unsaturated/α-hetero) is 1. The Labute approximate surface area is 132 Å². The number of allylic oxidation sites excluding steroid dienone is 1. The first-order valence-electron chi connectivity index (χ1n) is 8.98. The normalized spacial score (nSPS) is 47.5. The second kappa shape index (κ2) is 4.77. The maximum absolute atomic E-state index is 12.5. The van der Waals surface area contributed by atoms with Crippen LogP contribution in [0.4, 0.5) is 0 Å². The van der Waals surface area contributed by atoms with E-state index in [1.54, 1.807) is 0 Å². The van der Waals surface area contributed by atoms with Crippen LogP contribution in [0.15, 0.2) is 11.6 Å². The molecule has 0 heterocycles. The Balaban J connectivity index is 1.70. The van der Waals surface area contributed by atoms with Gasteiger partial charge in [-0.2, -0.15) is 0 Å². The Bertz CT molecular complexity index is 566. The molecule has 0 aliphatic heterocycles. The van der Waals surface area contributed by atoms with E-state index in [2.05, 4.69) is 6.92 Å². The number of ketones is 2. The highest BCUT2D eigenvalue weighted by atomic mass is 16.1. The molecule has 0 bridgehead atoms. The van der Waals surface area contributed by atoms with Crippen molar-refractivity contribution >= 4 is 11.6 Å². The smallest absolute Gasteiger partial charge is 0.155 e. The van der Waals surface area contributed by atoms with E-state index in [0.717, 1.165) is 44.9 Å². The first-order chi connectivity index (χ1) is 10.5. The lowest BCUT2D eigenvalue weighted by Crippen LogP contribution is -2.53. The summed E-state index contributed by atoms with van der Waals surface area (Å²) in [6.07, 6.45) is 9.74. The first kappa shape index (κ1) is 14.6. The van der Waals surface area contributed by atoms with Gasteiger partial charge in [0.1, 0.15) is 5.78 Å². The molecule has 5 atom stereocenters. The third kappa shape index (κ3) is 1.72. The number of hydrogen-bond acceptors (Lipinski definition) is 3. The van der Waals surface area contributed by atoms with Gasteiger partial charge in [-0.1, -0.05) is 12.5 Å². The lowest BCUT2D eigenvalue weighted by atomic mass is 9.47. The highest BCUT2D eigenvalue weighted by Gasteiger charge is 2.60. The Morgan fingerprint density at radius 2 is 1.91 bits per heavy atom. The SMILES string of the molecule is C[C@]12CCC(=O)C=C1CC[C@H]1[C@@H]3CCC(=O)[C@@]3(CN)CC[C@@H]12. The molecule has 4 aliphatic rings. The second-order valence-electron chi connectivity index (χ2n) is 8.33. The highest BCUT2D eigenvalue weighted by molar-refractivity contribution is 5.91. The van der Waals surface area contributed by atoms with Crippen LogP contribution in [-0.4, -0.2) is 18.1 Å². The number of fused-ring (bicyclic) bond motifs is 5. The van der Waals surface area contributed by atoms with Crippen LogP contribution in [0.1, 0.15) is 58.3 Å². The third-order valence-electron chi connectivity index (χ3n) is 7.77. The van der Waals surface area contributed by atoms with Gasteiger partial charge in [-0.15, -0.1) is 0 Å². The van der Waals surface area contributed by atoms with Crippen molar-refractivity contribution in [2.45, 2.75) is 58.3 Å². The molecule has 0 aromatic carbocycles. The molecule has 0 radical (unpaired) electrons. The molecular weight excluding hydrogens is 274 g/mol. The van der Waals surface area contributed by atoms with Crippen molar-refractivity contribution < 1.29 is 9.59 Å². The van der Waals surface area contributed by atoms with Crippen LogP contribution in [0.3, 0.4) is 0 Å². The van der Waals surface area contributed by atoms with Gasteiger partial charge in [-0.3, -0.25) is 9.59 Å². The van der Waals surface area contributed by atoms with Crippen molar-refractivity contribution in [3.63, 3.8) is 0 Å². The van der Waals surface area contributed by atoms with Crippen molar-refractivity contribution in [3.8, 4) is 0 Å². The van der Waals surface area contributed by atoms with E-state index < -0.39 is 0 Å². The van der Waals surface area contributed by atoms with Gasteiger partial charge in [0.2, 0.25) is 0 Å². The zero-order chi connectivity index (χ0) is 15.5. The average molecular weight is 301 g/mol. The molecule has 0 unspecified atom stereocenters. The van der Waals surface area contributed by atoms with Crippen LogP contribution in [0.25, 0.3) is 0 Å². The first-order valence-corrected chi connectivity index (χ1v) is 8.98. The van der Waals surface area contributed by atoms with Crippen LogP contribution >= 0.6 is 0 Å². The maximum Gasteiger partial charge on any atom is 0.155 e. The quantitative estimate of drug-likeness (QED) is 0.810. The molecule has 0 amide bonds.